The minimum absolute atomic E-state index is 0.0408. The zero-order valence-corrected chi connectivity index (χ0v) is 16.2. The topological polar surface area (TPSA) is 78.7 Å². The standard InChI is InChI=1S/C21H25N5O2/c1-3-25(4-2)20(27)16-8-7-9-17(14-16)24-21(28)22-12-11-18-15-26-13-6-5-10-19(26)23-18/h5-10,13-15H,3-4,11-12H2,1-2H3,(H2,22,24,28). The second-order valence-corrected chi connectivity index (χ2v) is 6.39. The smallest absolute Gasteiger partial charge is 0.319 e. The quantitative estimate of drug-likeness (QED) is 0.662. The van der Waals surface area contributed by atoms with Crippen molar-refractivity contribution in [1.29, 1.82) is 0 Å². The van der Waals surface area contributed by atoms with Crippen LogP contribution in [-0.4, -0.2) is 45.9 Å². The van der Waals surface area contributed by atoms with Crippen molar-refractivity contribution in [2.75, 3.05) is 25.0 Å². The molecule has 3 aromatic rings. The molecule has 3 rings (SSSR count). The summed E-state index contributed by atoms with van der Waals surface area (Å²) in [6, 6.07) is 12.5. The molecule has 0 aliphatic carbocycles. The van der Waals surface area contributed by atoms with Crippen molar-refractivity contribution in [2.24, 2.45) is 0 Å². The molecule has 7 nitrogen and oxygen atoms in total. The van der Waals surface area contributed by atoms with E-state index in [1.54, 1.807) is 29.2 Å². The number of rotatable bonds is 7. The third-order valence-electron chi connectivity index (χ3n) is 4.50. The lowest BCUT2D eigenvalue weighted by molar-refractivity contribution is 0.0773. The predicted molar refractivity (Wildman–Crippen MR) is 110 cm³/mol. The van der Waals surface area contributed by atoms with Crippen LogP contribution < -0.4 is 10.6 Å². The number of amides is 3. The maximum absolute atomic E-state index is 12.4. The van der Waals surface area contributed by atoms with Crippen molar-refractivity contribution in [3.63, 3.8) is 0 Å². The molecule has 0 fully saturated rings. The summed E-state index contributed by atoms with van der Waals surface area (Å²) in [7, 11) is 0. The summed E-state index contributed by atoms with van der Waals surface area (Å²) in [4.78, 5) is 30.8. The van der Waals surface area contributed by atoms with Gasteiger partial charge in [-0.15, -0.1) is 0 Å². The summed E-state index contributed by atoms with van der Waals surface area (Å²) < 4.78 is 1.95. The third-order valence-corrected chi connectivity index (χ3v) is 4.50. The summed E-state index contributed by atoms with van der Waals surface area (Å²) in [5.74, 6) is -0.0408. The Morgan fingerprint density at radius 1 is 1.11 bits per heavy atom. The van der Waals surface area contributed by atoms with E-state index in [0.29, 0.717) is 37.3 Å². The Morgan fingerprint density at radius 3 is 2.68 bits per heavy atom. The van der Waals surface area contributed by atoms with Gasteiger partial charge in [-0.3, -0.25) is 4.79 Å². The molecule has 7 heteroatoms. The number of aromatic nitrogens is 2. The summed E-state index contributed by atoms with van der Waals surface area (Å²) in [6.45, 7) is 5.65. The monoisotopic (exact) mass is 379 g/mol. The summed E-state index contributed by atoms with van der Waals surface area (Å²) in [5, 5.41) is 5.60. The molecule has 2 aromatic heterocycles. The molecule has 1 aromatic carbocycles. The highest BCUT2D eigenvalue weighted by atomic mass is 16.2. The molecule has 0 radical (unpaired) electrons. The van der Waals surface area contributed by atoms with Crippen molar-refractivity contribution in [3.8, 4) is 0 Å². The number of hydrogen-bond acceptors (Lipinski definition) is 3. The van der Waals surface area contributed by atoms with Crippen molar-refractivity contribution >= 4 is 23.3 Å². The first-order chi connectivity index (χ1) is 13.6. The van der Waals surface area contributed by atoms with Crippen LogP contribution >= 0.6 is 0 Å². The van der Waals surface area contributed by atoms with Gasteiger partial charge < -0.3 is 19.9 Å². The van der Waals surface area contributed by atoms with Gasteiger partial charge >= 0.3 is 6.03 Å². The fourth-order valence-electron chi connectivity index (χ4n) is 3.01. The molecule has 0 saturated heterocycles. The molecule has 0 saturated carbocycles. The summed E-state index contributed by atoms with van der Waals surface area (Å²) >= 11 is 0. The fourth-order valence-corrected chi connectivity index (χ4v) is 3.01. The van der Waals surface area contributed by atoms with Crippen molar-refractivity contribution in [3.05, 3.63) is 66.1 Å². The van der Waals surface area contributed by atoms with E-state index in [0.717, 1.165) is 11.3 Å². The van der Waals surface area contributed by atoms with Gasteiger partial charge in [0.05, 0.1) is 5.69 Å². The van der Waals surface area contributed by atoms with Crippen LogP contribution in [0.5, 0.6) is 0 Å². The lowest BCUT2D eigenvalue weighted by atomic mass is 10.1. The van der Waals surface area contributed by atoms with E-state index in [2.05, 4.69) is 15.6 Å². The molecule has 2 heterocycles. The highest BCUT2D eigenvalue weighted by molar-refractivity contribution is 5.96. The number of benzene rings is 1. The van der Waals surface area contributed by atoms with Crippen LogP contribution in [-0.2, 0) is 6.42 Å². The van der Waals surface area contributed by atoms with Gasteiger partial charge in [-0.1, -0.05) is 12.1 Å². The molecule has 0 aliphatic heterocycles. The van der Waals surface area contributed by atoms with E-state index in [4.69, 9.17) is 0 Å². The second-order valence-electron chi connectivity index (χ2n) is 6.39. The molecule has 3 amide bonds. The van der Waals surface area contributed by atoms with Gasteiger partial charge in [-0.25, -0.2) is 9.78 Å². The lowest BCUT2D eigenvalue weighted by Gasteiger charge is -2.19. The number of hydrogen-bond donors (Lipinski definition) is 2. The number of carbonyl (C=O) groups is 2. The van der Waals surface area contributed by atoms with E-state index in [1.165, 1.54) is 0 Å². The molecule has 146 valence electrons. The van der Waals surface area contributed by atoms with Crippen LogP contribution in [0.3, 0.4) is 0 Å². The molecular weight excluding hydrogens is 354 g/mol. The van der Waals surface area contributed by atoms with E-state index in [1.807, 2.05) is 48.8 Å². The molecule has 0 aliphatic rings. The van der Waals surface area contributed by atoms with Gasteiger partial charge in [0.2, 0.25) is 0 Å². The van der Waals surface area contributed by atoms with Crippen LogP contribution in [0.2, 0.25) is 0 Å². The maximum Gasteiger partial charge on any atom is 0.319 e. The zero-order chi connectivity index (χ0) is 19.9. The fraction of sp³-hybridized carbons (Fsp3) is 0.286. The van der Waals surface area contributed by atoms with Gasteiger partial charge in [-0.2, -0.15) is 0 Å². The van der Waals surface area contributed by atoms with Crippen LogP contribution in [0.15, 0.2) is 54.9 Å². The Kier molecular flexibility index (Phi) is 6.26. The predicted octanol–water partition coefficient (Wildman–Crippen LogP) is 3.18. The van der Waals surface area contributed by atoms with E-state index in [9.17, 15) is 9.59 Å². The number of pyridine rings is 1. The second kappa shape index (κ2) is 9.03. The highest BCUT2D eigenvalue weighted by Gasteiger charge is 2.13. The highest BCUT2D eigenvalue weighted by Crippen LogP contribution is 2.13. The van der Waals surface area contributed by atoms with E-state index >= 15 is 0 Å². The van der Waals surface area contributed by atoms with Crippen molar-refractivity contribution in [1.82, 2.24) is 19.6 Å². The number of urea groups is 1. The number of anilines is 1. The SMILES string of the molecule is CCN(CC)C(=O)c1cccc(NC(=O)NCCc2cn3ccccc3n2)c1. The Labute approximate surface area is 164 Å². The van der Waals surface area contributed by atoms with Gasteiger partial charge in [0, 0.05) is 49.7 Å². The Morgan fingerprint density at radius 2 is 1.93 bits per heavy atom. The molecule has 28 heavy (non-hydrogen) atoms. The molecule has 0 bridgehead atoms. The number of imidazole rings is 1. The zero-order valence-electron chi connectivity index (χ0n) is 16.2. The average molecular weight is 379 g/mol. The number of fused-ring (bicyclic) bond motifs is 1. The molecule has 2 N–H and O–H groups in total. The largest absolute Gasteiger partial charge is 0.339 e. The Balaban J connectivity index is 1.53. The van der Waals surface area contributed by atoms with Gasteiger partial charge in [0.15, 0.2) is 0 Å². The van der Waals surface area contributed by atoms with Crippen LogP contribution in [0.1, 0.15) is 29.9 Å². The summed E-state index contributed by atoms with van der Waals surface area (Å²) in [5.41, 5.74) is 2.95. The normalized spacial score (nSPS) is 10.6. The first kappa shape index (κ1) is 19.4. The van der Waals surface area contributed by atoms with Gasteiger partial charge in [0.1, 0.15) is 5.65 Å². The average Bonchev–Trinajstić information content (AvgIpc) is 3.11. The van der Waals surface area contributed by atoms with Crippen LogP contribution in [0.25, 0.3) is 5.65 Å². The minimum Gasteiger partial charge on any atom is -0.339 e. The van der Waals surface area contributed by atoms with Crippen molar-refractivity contribution < 1.29 is 9.59 Å². The number of nitrogens with one attached hydrogen (secondary N) is 2. The molecule has 0 spiro atoms. The first-order valence-corrected chi connectivity index (χ1v) is 9.47. The maximum atomic E-state index is 12.4. The van der Waals surface area contributed by atoms with Crippen molar-refractivity contribution in [2.45, 2.75) is 20.3 Å². The number of nitrogens with zero attached hydrogens (tertiary/aromatic N) is 3. The minimum atomic E-state index is -0.309. The number of carbonyl (C=O) groups excluding carboxylic acids is 2. The van der Waals surface area contributed by atoms with Gasteiger partial charge in [0.25, 0.3) is 5.91 Å². The molecular formula is C21H25N5O2. The van der Waals surface area contributed by atoms with E-state index in [-0.39, 0.29) is 11.9 Å². The Bertz CT molecular complexity index is 929. The first-order valence-electron chi connectivity index (χ1n) is 9.47. The van der Waals surface area contributed by atoms with Crippen LogP contribution in [0.4, 0.5) is 10.5 Å². The van der Waals surface area contributed by atoms with Gasteiger partial charge in [-0.05, 0) is 44.2 Å². The molecule has 0 unspecified atom stereocenters. The lowest BCUT2D eigenvalue weighted by Crippen LogP contribution is -2.31. The summed E-state index contributed by atoms with van der Waals surface area (Å²) in [6.07, 6.45) is 4.53. The third kappa shape index (κ3) is 4.68. The van der Waals surface area contributed by atoms with Crippen LogP contribution in [0, 0.1) is 0 Å². The Hall–Kier alpha value is -3.35. The van der Waals surface area contributed by atoms with E-state index < -0.39 is 0 Å². The molecule has 0 atom stereocenters.